The maximum atomic E-state index is 10.8. The molecule has 1 aliphatic rings. The van der Waals surface area contributed by atoms with Gasteiger partial charge in [-0.25, -0.2) is 0 Å². The fraction of sp³-hybridized carbons (Fsp3) is 0.500. The Balaban J connectivity index is 2.09. The van der Waals surface area contributed by atoms with E-state index in [9.17, 15) is 9.90 Å². The maximum absolute atomic E-state index is 10.8. The summed E-state index contributed by atoms with van der Waals surface area (Å²) in [6.45, 7) is 1.59. The Kier molecular flexibility index (Phi) is 4.94. The average Bonchev–Trinajstić information content (AvgIpc) is 2.64. The molecule has 0 radical (unpaired) electrons. The fourth-order valence-corrected chi connectivity index (χ4v) is 2.98. The van der Waals surface area contributed by atoms with Crippen LogP contribution in [0, 0.1) is 5.92 Å². The second-order valence-electron chi connectivity index (χ2n) is 5.00. The van der Waals surface area contributed by atoms with Crippen molar-refractivity contribution in [3.8, 4) is 5.75 Å². The Morgan fingerprint density at radius 3 is 2.84 bits per heavy atom. The normalized spacial score (nSPS) is 20.1. The Morgan fingerprint density at radius 1 is 1.32 bits per heavy atom. The molecular weight excluding hydrogens is 285 g/mol. The molecule has 0 saturated carbocycles. The van der Waals surface area contributed by atoms with E-state index in [4.69, 9.17) is 23.2 Å². The van der Waals surface area contributed by atoms with Crippen LogP contribution in [-0.4, -0.2) is 29.5 Å². The molecule has 1 atom stereocenters. The molecule has 104 valence electrons. The number of hydrogen-bond donors (Lipinski definition) is 1. The number of carbonyl (C=O) groups is 1. The molecule has 1 fully saturated rings. The van der Waals surface area contributed by atoms with Crippen molar-refractivity contribution in [1.82, 2.24) is 4.90 Å². The lowest BCUT2D eigenvalue weighted by molar-refractivity contribution is -0.118. The zero-order valence-electron chi connectivity index (χ0n) is 10.6. The zero-order chi connectivity index (χ0) is 13.8. The van der Waals surface area contributed by atoms with Crippen LogP contribution in [0.5, 0.6) is 5.75 Å². The molecule has 0 aromatic heterocycles. The van der Waals surface area contributed by atoms with Crippen molar-refractivity contribution in [2.24, 2.45) is 5.92 Å². The average molecular weight is 302 g/mol. The first-order valence-corrected chi connectivity index (χ1v) is 7.22. The van der Waals surface area contributed by atoms with Gasteiger partial charge in [-0.15, -0.1) is 0 Å². The van der Waals surface area contributed by atoms with E-state index < -0.39 is 0 Å². The summed E-state index contributed by atoms with van der Waals surface area (Å²) in [6.07, 6.45) is 4.57. The quantitative estimate of drug-likeness (QED) is 0.868. The first kappa shape index (κ1) is 14.5. The van der Waals surface area contributed by atoms with Crippen molar-refractivity contribution in [2.45, 2.75) is 25.7 Å². The predicted octanol–water partition coefficient (Wildman–Crippen LogP) is 3.50. The van der Waals surface area contributed by atoms with Crippen molar-refractivity contribution in [3.63, 3.8) is 0 Å². The van der Waals surface area contributed by atoms with E-state index in [-0.39, 0.29) is 5.75 Å². The molecule has 1 unspecified atom stereocenters. The number of nitrogens with zero attached hydrogens (tertiary/aromatic N) is 1. The summed E-state index contributed by atoms with van der Waals surface area (Å²) in [7, 11) is 0. The van der Waals surface area contributed by atoms with E-state index in [1.165, 1.54) is 0 Å². The molecule has 3 nitrogen and oxygen atoms in total. The standard InChI is InChI=1S/C14H17Cl2NO2/c15-12-3-4-13(19)11(14(12)16)8-10-2-1-6-17(9-18)7-5-10/h3-4,9-10,19H,1-2,5-8H2. The number of benzene rings is 1. The third-order valence-electron chi connectivity index (χ3n) is 3.70. The molecule has 1 aromatic rings. The lowest BCUT2D eigenvalue weighted by Gasteiger charge is -2.17. The minimum absolute atomic E-state index is 0.200. The molecule has 0 aliphatic carbocycles. The van der Waals surface area contributed by atoms with Crippen LogP contribution < -0.4 is 0 Å². The minimum atomic E-state index is 0.200. The highest BCUT2D eigenvalue weighted by Gasteiger charge is 2.20. The predicted molar refractivity (Wildman–Crippen MR) is 76.8 cm³/mol. The summed E-state index contributed by atoms with van der Waals surface area (Å²) in [4.78, 5) is 12.6. The molecular formula is C14H17Cl2NO2. The van der Waals surface area contributed by atoms with Gasteiger partial charge in [0.05, 0.1) is 10.0 Å². The monoisotopic (exact) mass is 301 g/mol. The van der Waals surface area contributed by atoms with E-state index in [1.807, 2.05) is 0 Å². The van der Waals surface area contributed by atoms with Gasteiger partial charge >= 0.3 is 0 Å². The van der Waals surface area contributed by atoms with Gasteiger partial charge < -0.3 is 10.0 Å². The molecule has 1 aliphatic heterocycles. The molecule has 0 spiro atoms. The molecule has 1 aromatic carbocycles. The third-order valence-corrected chi connectivity index (χ3v) is 4.54. The summed E-state index contributed by atoms with van der Waals surface area (Å²) < 4.78 is 0. The van der Waals surface area contributed by atoms with E-state index in [1.54, 1.807) is 17.0 Å². The molecule has 19 heavy (non-hydrogen) atoms. The Labute approximate surface area is 123 Å². The van der Waals surface area contributed by atoms with Crippen LogP contribution in [0.25, 0.3) is 0 Å². The van der Waals surface area contributed by atoms with Gasteiger partial charge in [-0.1, -0.05) is 23.2 Å². The summed E-state index contributed by atoms with van der Waals surface area (Å²) in [5.41, 5.74) is 0.721. The van der Waals surface area contributed by atoms with E-state index in [0.717, 1.165) is 44.3 Å². The second kappa shape index (κ2) is 6.49. The molecule has 1 N–H and O–H groups in total. The van der Waals surface area contributed by atoms with Crippen molar-refractivity contribution < 1.29 is 9.90 Å². The second-order valence-corrected chi connectivity index (χ2v) is 5.79. The summed E-state index contributed by atoms with van der Waals surface area (Å²) in [6, 6.07) is 3.18. The zero-order valence-corrected chi connectivity index (χ0v) is 12.1. The van der Waals surface area contributed by atoms with Gasteiger partial charge in [-0.3, -0.25) is 4.79 Å². The number of phenols is 1. The highest BCUT2D eigenvalue weighted by molar-refractivity contribution is 6.42. The van der Waals surface area contributed by atoms with Gasteiger partial charge in [0.15, 0.2) is 0 Å². The largest absolute Gasteiger partial charge is 0.508 e. The van der Waals surface area contributed by atoms with Gasteiger partial charge in [-0.05, 0) is 43.7 Å². The first-order chi connectivity index (χ1) is 9.11. The molecule has 0 bridgehead atoms. The molecule has 5 heteroatoms. The number of likely N-dealkylation sites (tertiary alicyclic amines) is 1. The molecule has 1 saturated heterocycles. The topological polar surface area (TPSA) is 40.5 Å². The Hall–Kier alpha value is -0.930. The number of carbonyl (C=O) groups excluding carboxylic acids is 1. The van der Waals surface area contributed by atoms with Gasteiger partial charge in [0.1, 0.15) is 5.75 Å². The number of hydrogen-bond acceptors (Lipinski definition) is 2. The Morgan fingerprint density at radius 2 is 2.11 bits per heavy atom. The lowest BCUT2D eigenvalue weighted by atomic mass is 9.92. The summed E-state index contributed by atoms with van der Waals surface area (Å²) >= 11 is 12.1. The smallest absolute Gasteiger partial charge is 0.209 e. The van der Waals surface area contributed by atoms with Crippen LogP contribution >= 0.6 is 23.2 Å². The van der Waals surface area contributed by atoms with E-state index >= 15 is 0 Å². The van der Waals surface area contributed by atoms with Crippen LogP contribution in [0.2, 0.25) is 10.0 Å². The fourth-order valence-electron chi connectivity index (χ4n) is 2.56. The number of aromatic hydroxyl groups is 1. The molecule has 2 rings (SSSR count). The van der Waals surface area contributed by atoms with Crippen molar-refractivity contribution >= 4 is 29.6 Å². The first-order valence-electron chi connectivity index (χ1n) is 6.47. The summed E-state index contributed by atoms with van der Waals surface area (Å²) in [5.74, 6) is 0.623. The van der Waals surface area contributed by atoms with E-state index in [0.29, 0.717) is 22.4 Å². The Bertz CT molecular complexity index is 465. The molecule has 1 amide bonds. The van der Waals surface area contributed by atoms with Gasteiger partial charge in [0.2, 0.25) is 6.41 Å². The summed E-state index contributed by atoms with van der Waals surface area (Å²) in [5, 5.41) is 10.8. The van der Waals surface area contributed by atoms with Gasteiger partial charge in [-0.2, -0.15) is 0 Å². The van der Waals surface area contributed by atoms with Crippen LogP contribution in [0.1, 0.15) is 24.8 Å². The number of halogens is 2. The number of amides is 1. The maximum Gasteiger partial charge on any atom is 0.209 e. The van der Waals surface area contributed by atoms with Gasteiger partial charge in [0.25, 0.3) is 0 Å². The SMILES string of the molecule is O=CN1CCCC(Cc2c(O)ccc(Cl)c2Cl)CC1. The van der Waals surface area contributed by atoms with Crippen LogP contribution in [0.4, 0.5) is 0 Å². The minimum Gasteiger partial charge on any atom is -0.508 e. The highest BCUT2D eigenvalue weighted by Crippen LogP contribution is 2.35. The highest BCUT2D eigenvalue weighted by atomic mass is 35.5. The van der Waals surface area contributed by atoms with Crippen molar-refractivity contribution in [3.05, 3.63) is 27.7 Å². The lowest BCUT2D eigenvalue weighted by Crippen LogP contribution is -2.22. The van der Waals surface area contributed by atoms with Gasteiger partial charge in [0, 0.05) is 18.7 Å². The van der Waals surface area contributed by atoms with Crippen LogP contribution in [0.3, 0.4) is 0 Å². The molecule has 1 heterocycles. The van der Waals surface area contributed by atoms with Crippen LogP contribution in [0.15, 0.2) is 12.1 Å². The van der Waals surface area contributed by atoms with Crippen LogP contribution in [-0.2, 0) is 11.2 Å². The third kappa shape index (κ3) is 3.54. The number of rotatable bonds is 3. The van der Waals surface area contributed by atoms with Crippen molar-refractivity contribution in [2.75, 3.05) is 13.1 Å². The van der Waals surface area contributed by atoms with E-state index in [2.05, 4.69) is 0 Å². The number of phenolic OH excluding ortho intramolecular Hbond substituents is 1. The van der Waals surface area contributed by atoms with Crippen molar-refractivity contribution in [1.29, 1.82) is 0 Å².